The first kappa shape index (κ1) is 17.6. The molecule has 0 aromatic carbocycles. The van der Waals surface area contributed by atoms with E-state index >= 15 is 0 Å². The smallest absolute Gasteiger partial charge is 0.341 e. The Morgan fingerprint density at radius 3 is 2.76 bits per heavy atom. The number of likely N-dealkylation sites (tertiary alicyclic amines) is 1. The maximum atomic E-state index is 12.6. The van der Waals surface area contributed by atoms with Crippen molar-refractivity contribution in [2.75, 3.05) is 13.1 Å². The number of carbonyl (C=O) groups is 1. The lowest BCUT2D eigenvalue weighted by atomic mass is 9.76. The quantitative estimate of drug-likeness (QED) is 0.735. The van der Waals surface area contributed by atoms with Gasteiger partial charge in [-0.25, -0.2) is 4.79 Å². The number of aromatic nitrogens is 2. The first-order valence-electron chi connectivity index (χ1n) is 9.85. The van der Waals surface area contributed by atoms with Crippen molar-refractivity contribution in [1.82, 2.24) is 14.3 Å². The van der Waals surface area contributed by atoms with Crippen LogP contribution in [0.3, 0.4) is 0 Å². The van der Waals surface area contributed by atoms with Gasteiger partial charge in [0.25, 0.3) is 6.99 Å². The van der Waals surface area contributed by atoms with Gasteiger partial charge in [-0.05, 0) is 48.7 Å². The highest BCUT2D eigenvalue weighted by Crippen LogP contribution is 2.34. The normalized spacial score (nSPS) is 16.7. The van der Waals surface area contributed by atoms with Gasteiger partial charge in [0, 0.05) is 32.0 Å². The zero-order chi connectivity index (χ0) is 21.1. The number of pyridine rings is 3. The van der Waals surface area contributed by atoms with Gasteiger partial charge in [-0.1, -0.05) is 12.1 Å². The average Bonchev–Trinajstić information content (AvgIpc) is 2.81. The van der Waals surface area contributed by atoms with Crippen LogP contribution in [0.2, 0.25) is 0 Å². The summed E-state index contributed by atoms with van der Waals surface area (Å²) >= 11 is 0. The summed E-state index contributed by atoms with van der Waals surface area (Å²) in [5.74, 6) is -0.975. The van der Waals surface area contributed by atoms with Crippen LogP contribution in [0.1, 0.15) is 34.5 Å². The molecule has 0 atom stereocenters. The van der Waals surface area contributed by atoms with E-state index in [2.05, 4.69) is 21.1 Å². The van der Waals surface area contributed by atoms with Crippen molar-refractivity contribution in [2.45, 2.75) is 24.8 Å². The number of nitrogens with zero attached hydrogens (tertiary/aromatic N) is 4. The Balaban J connectivity index is 1.62. The van der Waals surface area contributed by atoms with Gasteiger partial charge in [0.2, 0.25) is 0 Å². The van der Waals surface area contributed by atoms with E-state index in [1.165, 1.54) is 10.5 Å². The molecule has 1 N–H and O–H groups in total. The first-order chi connectivity index (χ1) is 14.6. The van der Waals surface area contributed by atoms with E-state index in [1.54, 1.807) is 18.5 Å². The summed E-state index contributed by atoms with van der Waals surface area (Å²) in [7, 11) is 0. The molecule has 3 aromatic rings. The van der Waals surface area contributed by atoms with Gasteiger partial charge in [-0.2, -0.15) is 5.26 Å². The van der Waals surface area contributed by atoms with E-state index in [0.29, 0.717) is 38.0 Å². The molecule has 7 heteroatoms. The van der Waals surface area contributed by atoms with Crippen molar-refractivity contribution >= 4 is 11.5 Å². The average molecular weight is 390 g/mol. The number of aromatic carboxylic acids is 1. The maximum Gasteiger partial charge on any atom is 0.341 e. The SMILES string of the molecule is [3H]OC(=O)c1cc(CN2CCC(C#N)(c3ccccn3)CC2)c2ccccn2c1=O. The zero-order valence-corrected chi connectivity index (χ0v) is 15.7. The van der Waals surface area contributed by atoms with E-state index in [4.69, 9.17) is 1.43 Å². The summed E-state index contributed by atoms with van der Waals surface area (Å²) in [6.07, 6.45) is 4.60. The second-order valence-corrected chi connectivity index (χ2v) is 7.32. The molecule has 146 valence electrons. The highest BCUT2D eigenvalue weighted by atomic mass is 16.4. The molecular weight excluding hydrogens is 368 g/mol. The summed E-state index contributed by atoms with van der Waals surface area (Å²) in [4.78, 5) is 31.1. The van der Waals surface area contributed by atoms with Crippen molar-refractivity contribution < 1.29 is 9.90 Å². The van der Waals surface area contributed by atoms with Crippen LogP contribution < -0.4 is 5.56 Å². The van der Waals surface area contributed by atoms with E-state index in [0.717, 1.165) is 11.3 Å². The molecule has 0 amide bonds. The Morgan fingerprint density at radius 1 is 1.28 bits per heavy atom. The van der Waals surface area contributed by atoms with Crippen LogP contribution >= 0.6 is 0 Å². The molecule has 0 spiro atoms. The Kier molecular flexibility index (Phi) is 4.54. The van der Waals surface area contributed by atoms with Gasteiger partial charge in [-0.3, -0.25) is 19.1 Å². The molecule has 0 radical (unpaired) electrons. The molecule has 7 nitrogen and oxygen atoms in total. The topological polar surface area (TPSA) is 98.7 Å². The summed E-state index contributed by atoms with van der Waals surface area (Å²) in [5, 5.41) is 13.9. The molecule has 1 fully saturated rings. The second-order valence-electron chi connectivity index (χ2n) is 7.32. The highest BCUT2D eigenvalue weighted by molar-refractivity contribution is 5.88. The van der Waals surface area contributed by atoms with Crippen molar-refractivity contribution in [3.05, 3.63) is 82.0 Å². The molecule has 29 heavy (non-hydrogen) atoms. The molecule has 0 bridgehead atoms. The van der Waals surface area contributed by atoms with Crippen LogP contribution in [0, 0.1) is 11.3 Å². The number of hydrogen-bond donors (Lipinski definition) is 1. The number of carboxylic acids is 1. The van der Waals surface area contributed by atoms with Gasteiger partial charge in [0.05, 0.1) is 17.3 Å². The Bertz CT molecular complexity index is 1180. The Hall–Kier alpha value is -3.50. The lowest BCUT2D eigenvalue weighted by Crippen LogP contribution is -2.42. The third-order valence-corrected chi connectivity index (χ3v) is 5.65. The highest BCUT2D eigenvalue weighted by Gasteiger charge is 2.37. The van der Waals surface area contributed by atoms with Gasteiger partial charge in [0.15, 0.2) is 0 Å². The van der Waals surface area contributed by atoms with Crippen LogP contribution in [-0.2, 0) is 12.0 Å². The standard InChI is InChI=1S/C22H20N4O3/c23-15-22(19-6-1-3-9-24-19)7-11-25(12-8-22)14-16-13-17(21(28)29)20(27)26-10-4-2-5-18(16)26/h1-6,9-10,13H,7-8,11-12,14H2,(H,28,29)/i/hT. The Labute approximate surface area is 169 Å². The van der Waals surface area contributed by atoms with Crippen molar-refractivity contribution in [3.8, 4) is 6.07 Å². The molecule has 4 heterocycles. The maximum absolute atomic E-state index is 12.6. The monoisotopic (exact) mass is 390 g/mol. The fourth-order valence-corrected chi connectivity index (χ4v) is 4.00. The van der Waals surface area contributed by atoms with Crippen molar-refractivity contribution in [1.29, 1.82) is 6.69 Å². The third kappa shape index (κ3) is 3.39. The van der Waals surface area contributed by atoms with E-state index in [1.807, 2.05) is 30.3 Å². The zero-order valence-electron chi connectivity index (χ0n) is 16.7. The van der Waals surface area contributed by atoms with Crippen LogP contribution in [0.4, 0.5) is 0 Å². The van der Waals surface area contributed by atoms with Gasteiger partial charge < -0.3 is 5.11 Å². The Morgan fingerprint density at radius 2 is 2.07 bits per heavy atom. The van der Waals surface area contributed by atoms with E-state index in [-0.39, 0.29) is 5.56 Å². The number of carboxylic acid groups (broad SMARTS) is 1. The predicted molar refractivity (Wildman–Crippen MR) is 107 cm³/mol. The molecule has 0 saturated carbocycles. The summed E-state index contributed by atoms with van der Waals surface area (Å²) in [5.41, 5.74) is 1.01. The van der Waals surface area contributed by atoms with Gasteiger partial charge >= 0.3 is 5.97 Å². The minimum atomic E-state index is -0.975. The van der Waals surface area contributed by atoms with Gasteiger partial charge in [-0.15, -0.1) is 0 Å². The molecule has 1 aliphatic heterocycles. The third-order valence-electron chi connectivity index (χ3n) is 5.65. The lowest BCUT2D eigenvalue weighted by Gasteiger charge is -2.37. The van der Waals surface area contributed by atoms with Gasteiger partial charge in [0.1, 0.15) is 11.0 Å². The van der Waals surface area contributed by atoms with Crippen molar-refractivity contribution in [3.63, 3.8) is 0 Å². The lowest BCUT2D eigenvalue weighted by molar-refractivity contribution is 0.0694. The van der Waals surface area contributed by atoms with E-state index < -0.39 is 16.9 Å². The van der Waals surface area contributed by atoms with Crippen LogP contribution in [0.25, 0.3) is 6.95 Å². The number of hydrogen-bond acceptors (Lipinski definition) is 6. The molecule has 4 rings (SSSR count). The summed E-state index contributed by atoms with van der Waals surface area (Å²) in [6.45, 7) is 1.87. The summed E-state index contributed by atoms with van der Waals surface area (Å²) < 4.78 is 8.28. The summed E-state index contributed by atoms with van der Waals surface area (Å²) in [6, 6.07) is 15.0. The largest absolute Gasteiger partial charge is 0.477 e. The molecule has 1 aliphatic rings. The minimum Gasteiger partial charge on any atom is -0.477 e. The van der Waals surface area contributed by atoms with Crippen molar-refractivity contribution in [2.24, 2.45) is 0 Å². The molecular formula is C22H20N4O3. The fourth-order valence-electron chi connectivity index (χ4n) is 4.00. The number of rotatable bonds is 4. The van der Waals surface area contributed by atoms with Crippen LogP contribution in [0.5, 0.6) is 0 Å². The van der Waals surface area contributed by atoms with E-state index in [9.17, 15) is 14.9 Å². The number of nitriles is 1. The van der Waals surface area contributed by atoms with Crippen LogP contribution in [0.15, 0.2) is 59.7 Å². The molecule has 0 aliphatic carbocycles. The first-order valence-corrected chi connectivity index (χ1v) is 9.44. The fraction of sp³-hybridized carbons (Fsp3) is 0.273. The molecule has 3 aromatic heterocycles. The number of piperidine rings is 1. The molecule has 1 saturated heterocycles. The second kappa shape index (κ2) is 7.49. The number of fused-ring (bicyclic) bond motifs is 1. The minimum absolute atomic E-state index is 0.166. The predicted octanol–water partition coefficient (Wildman–Crippen LogP) is 2.45. The van der Waals surface area contributed by atoms with Crippen LogP contribution in [-0.4, -0.2) is 38.5 Å². The molecule has 0 unspecified atom stereocenters.